The Morgan fingerprint density at radius 1 is 0.625 bits per heavy atom. The van der Waals surface area contributed by atoms with Gasteiger partial charge >= 0.3 is 0 Å². The van der Waals surface area contributed by atoms with Gasteiger partial charge in [0.05, 0.1) is 6.54 Å². The summed E-state index contributed by atoms with van der Waals surface area (Å²) in [5.41, 5.74) is 2.65. The summed E-state index contributed by atoms with van der Waals surface area (Å²) < 4.78 is 4.71. The van der Waals surface area contributed by atoms with E-state index in [4.69, 9.17) is 0 Å². The van der Waals surface area contributed by atoms with Crippen LogP contribution in [0.3, 0.4) is 0 Å². The van der Waals surface area contributed by atoms with E-state index in [2.05, 4.69) is 95.4 Å². The van der Waals surface area contributed by atoms with Crippen molar-refractivity contribution in [2.24, 2.45) is 0 Å². The fourth-order valence-electron chi connectivity index (χ4n) is 4.64. The van der Waals surface area contributed by atoms with E-state index >= 15 is 0 Å². The highest BCUT2D eigenvalue weighted by Crippen LogP contribution is 2.25. The van der Waals surface area contributed by atoms with Gasteiger partial charge in [-0.15, -0.1) is 0 Å². The van der Waals surface area contributed by atoms with E-state index in [1.807, 2.05) is 0 Å². The molecule has 0 saturated carbocycles. The Hall–Kier alpha value is -2.35. The molecule has 32 heavy (non-hydrogen) atoms. The average molecular weight is 432 g/mol. The summed E-state index contributed by atoms with van der Waals surface area (Å²) in [7, 11) is 0. The van der Waals surface area contributed by atoms with Crippen molar-refractivity contribution in [3.8, 4) is 0 Å². The molecular weight excluding hydrogens is 388 g/mol. The van der Waals surface area contributed by atoms with Gasteiger partial charge in [-0.3, -0.25) is 0 Å². The summed E-state index contributed by atoms with van der Waals surface area (Å²) in [6, 6.07) is 21.9. The van der Waals surface area contributed by atoms with Crippen LogP contribution < -0.4 is 4.57 Å². The summed E-state index contributed by atoms with van der Waals surface area (Å²) in [4.78, 5) is 0. The van der Waals surface area contributed by atoms with Crippen molar-refractivity contribution in [3.63, 3.8) is 0 Å². The highest BCUT2D eigenvalue weighted by atomic mass is 15.1. The van der Waals surface area contributed by atoms with Crippen molar-refractivity contribution in [2.75, 3.05) is 0 Å². The number of rotatable bonds is 16. The first-order chi connectivity index (χ1) is 15.9. The standard InChI is InChI=1S/C30H43N2/c1-2-3-4-5-6-7-8-9-10-11-12-19-24-31-25-26-32(27-31)30(28-20-15-13-16-21-28)29-22-17-14-18-23-29/h13-18,20-23,25-27,30H,2-12,19,24H2,1H3/q+1. The van der Waals surface area contributed by atoms with E-state index in [-0.39, 0.29) is 6.04 Å². The molecule has 1 heterocycles. The number of unbranched alkanes of at least 4 members (excludes halogenated alkanes) is 11. The van der Waals surface area contributed by atoms with E-state index in [1.165, 1.54) is 88.2 Å². The number of hydrogen-bond donors (Lipinski definition) is 0. The van der Waals surface area contributed by atoms with Crippen LogP contribution in [0.1, 0.15) is 101 Å². The summed E-state index contributed by atoms with van der Waals surface area (Å²) in [5.74, 6) is 0. The van der Waals surface area contributed by atoms with Crippen molar-refractivity contribution >= 4 is 0 Å². The lowest BCUT2D eigenvalue weighted by Gasteiger charge is -2.14. The van der Waals surface area contributed by atoms with Crippen LogP contribution in [0.25, 0.3) is 0 Å². The molecule has 0 fully saturated rings. The van der Waals surface area contributed by atoms with Crippen LogP contribution in [-0.4, -0.2) is 4.57 Å². The zero-order chi connectivity index (χ0) is 22.3. The van der Waals surface area contributed by atoms with E-state index in [0.717, 1.165) is 6.54 Å². The van der Waals surface area contributed by atoms with Crippen molar-refractivity contribution in [1.29, 1.82) is 0 Å². The highest BCUT2D eigenvalue weighted by Gasteiger charge is 2.21. The van der Waals surface area contributed by atoms with E-state index < -0.39 is 0 Å². The first-order valence-electron chi connectivity index (χ1n) is 13.0. The van der Waals surface area contributed by atoms with Gasteiger partial charge in [-0.25, -0.2) is 9.13 Å². The molecule has 0 amide bonds. The Bertz CT molecular complexity index is 798. The van der Waals surface area contributed by atoms with Gasteiger partial charge in [0.15, 0.2) is 6.04 Å². The Morgan fingerprint density at radius 3 is 1.59 bits per heavy atom. The van der Waals surface area contributed by atoms with Crippen molar-refractivity contribution in [3.05, 3.63) is 90.5 Å². The molecule has 3 rings (SSSR count). The van der Waals surface area contributed by atoms with Gasteiger partial charge in [-0.1, -0.05) is 132 Å². The van der Waals surface area contributed by atoms with Crippen molar-refractivity contribution in [2.45, 2.75) is 96.6 Å². The largest absolute Gasteiger partial charge is 0.244 e. The third-order valence-electron chi connectivity index (χ3n) is 6.51. The molecule has 0 saturated heterocycles. The molecule has 172 valence electrons. The minimum atomic E-state index is 0.223. The molecule has 0 bridgehead atoms. The molecule has 0 spiro atoms. The summed E-state index contributed by atoms with van der Waals surface area (Å²) in [6.45, 7) is 3.40. The topological polar surface area (TPSA) is 8.81 Å². The Balaban J connectivity index is 1.39. The summed E-state index contributed by atoms with van der Waals surface area (Å²) in [6.07, 6.45) is 23.5. The lowest BCUT2D eigenvalue weighted by Crippen LogP contribution is -2.31. The van der Waals surface area contributed by atoms with E-state index in [9.17, 15) is 0 Å². The Kier molecular flexibility index (Phi) is 11.1. The number of benzene rings is 2. The van der Waals surface area contributed by atoms with Crippen LogP contribution in [0.2, 0.25) is 0 Å². The molecule has 1 aromatic heterocycles. The molecule has 2 aromatic carbocycles. The highest BCUT2D eigenvalue weighted by molar-refractivity contribution is 5.32. The van der Waals surface area contributed by atoms with Crippen LogP contribution in [0.4, 0.5) is 0 Å². The maximum absolute atomic E-state index is 2.36. The second-order valence-corrected chi connectivity index (χ2v) is 9.21. The van der Waals surface area contributed by atoms with Crippen LogP contribution in [0, 0.1) is 0 Å². The summed E-state index contributed by atoms with van der Waals surface area (Å²) in [5, 5.41) is 0. The minimum Gasteiger partial charge on any atom is -0.237 e. The summed E-state index contributed by atoms with van der Waals surface area (Å²) >= 11 is 0. The molecule has 0 unspecified atom stereocenters. The molecule has 0 radical (unpaired) electrons. The fourth-order valence-corrected chi connectivity index (χ4v) is 4.64. The van der Waals surface area contributed by atoms with Crippen molar-refractivity contribution in [1.82, 2.24) is 4.57 Å². The van der Waals surface area contributed by atoms with Gasteiger partial charge in [0, 0.05) is 11.1 Å². The Labute approximate surface area is 196 Å². The monoisotopic (exact) mass is 431 g/mol. The molecule has 2 nitrogen and oxygen atoms in total. The number of imidazole rings is 1. The molecule has 2 heteroatoms. The number of hydrogen-bond acceptors (Lipinski definition) is 0. The zero-order valence-electron chi connectivity index (χ0n) is 20.2. The van der Waals surface area contributed by atoms with Gasteiger partial charge in [0.2, 0.25) is 6.33 Å². The van der Waals surface area contributed by atoms with Crippen LogP contribution >= 0.6 is 0 Å². The third-order valence-corrected chi connectivity index (χ3v) is 6.51. The second-order valence-electron chi connectivity index (χ2n) is 9.21. The van der Waals surface area contributed by atoms with Crippen LogP contribution in [-0.2, 0) is 6.54 Å². The second kappa shape index (κ2) is 14.7. The molecule has 0 aliphatic heterocycles. The maximum atomic E-state index is 2.36. The molecule has 0 aliphatic carbocycles. The molecule has 0 aliphatic rings. The zero-order valence-corrected chi connectivity index (χ0v) is 20.2. The average Bonchev–Trinajstić information content (AvgIpc) is 3.29. The van der Waals surface area contributed by atoms with Gasteiger partial charge in [-0.05, 0) is 12.8 Å². The van der Waals surface area contributed by atoms with Crippen molar-refractivity contribution < 1.29 is 4.57 Å². The van der Waals surface area contributed by atoms with Gasteiger partial charge in [0.1, 0.15) is 12.4 Å². The normalized spacial score (nSPS) is 11.3. The maximum Gasteiger partial charge on any atom is 0.244 e. The lowest BCUT2D eigenvalue weighted by atomic mass is 9.99. The van der Waals surface area contributed by atoms with Gasteiger partial charge < -0.3 is 0 Å². The number of nitrogens with zero attached hydrogens (tertiary/aromatic N) is 2. The Morgan fingerprint density at radius 2 is 1.09 bits per heavy atom. The van der Waals surface area contributed by atoms with Gasteiger partial charge in [0.25, 0.3) is 0 Å². The van der Waals surface area contributed by atoms with Gasteiger partial charge in [-0.2, -0.15) is 0 Å². The molecule has 3 aromatic rings. The SMILES string of the molecule is CCCCCCCCCCCCCC[n+]1ccn(C(c2ccccc2)c2ccccc2)c1. The molecule has 0 N–H and O–H groups in total. The fraction of sp³-hybridized carbons (Fsp3) is 0.500. The number of aromatic nitrogens is 2. The predicted molar refractivity (Wildman–Crippen MR) is 136 cm³/mol. The smallest absolute Gasteiger partial charge is 0.237 e. The quantitative estimate of drug-likeness (QED) is 0.160. The van der Waals surface area contributed by atoms with E-state index in [1.54, 1.807) is 0 Å². The number of aryl methyl sites for hydroxylation is 1. The first-order valence-corrected chi connectivity index (χ1v) is 13.0. The molecular formula is C30H43N2+. The van der Waals surface area contributed by atoms with Crippen LogP contribution in [0.15, 0.2) is 79.4 Å². The van der Waals surface area contributed by atoms with E-state index in [0.29, 0.717) is 0 Å². The van der Waals surface area contributed by atoms with Crippen LogP contribution in [0.5, 0.6) is 0 Å². The minimum absolute atomic E-state index is 0.223. The first kappa shape index (κ1) is 24.3. The lowest BCUT2D eigenvalue weighted by molar-refractivity contribution is -0.697. The third kappa shape index (κ3) is 8.30. The molecule has 0 atom stereocenters. The predicted octanol–water partition coefficient (Wildman–Crippen LogP) is 8.11.